The number of hydrogen-bond donors (Lipinski definition) is 3. The topological polar surface area (TPSA) is 92.4 Å². The summed E-state index contributed by atoms with van der Waals surface area (Å²) in [6, 6.07) is 8.81. The Bertz CT molecular complexity index is 1190. The summed E-state index contributed by atoms with van der Waals surface area (Å²) in [6.45, 7) is 0. The van der Waals surface area contributed by atoms with E-state index in [4.69, 9.17) is 16.3 Å². The molecule has 0 bridgehead atoms. The van der Waals surface area contributed by atoms with E-state index in [0.717, 1.165) is 0 Å². The van der Waals surface area contributed by atoms with Crippen LogP contribution in [-0.2, 0) is 6.18 Å². The van der Waals surface area contributed by atoms with Crippen molar-refractivity contribution in [3.63, 3.8) is 0 Å². The van der Waals surface area contributed by atoms with Gasteiger partial charge in [-0.05, 0) is 42.5 Å². The predicted octanol–water partition coefficient (Wildman–Crippen LogP) is 5.69. The van der Waals surface area contributed by atoms with Crippen molar-refractivity contribution in [2.24, 2.45) is 0 Å². The first kappa shape index (κ1) is 23.8. The molecular formula is C21H15ClF4N4O3. The molecule has 3 N–H and O–H groups in total. The fourth-order valence-electron chi connectivity index (χ4n) is 2.62. The number of ether oxygens (including phenoxy) is 1. The van der Waals surface area contributed by atoms with E-state index in [9.17, 15) is 27.2 Å². The molecule has 0 unspecified atom stereocenters. The lowest BCUT2D eigenvalue weighted by Crippen LogP contribution is -2.20. The van der Waals surface area contributed by atoms with Gasteiger partial charge in [-0.2, -0.15) is 13.2 Å². The lowest BCUT2D eigenvalue weighted by molar-refractivity contribution is -0.137. The Balaban J connectivity index is 1.66. The van der Waals surface area contributed by atoms with E-state index in [0.29, 0.717) is 23.6 Å². The number of carbonyl (C=O) groups excluding carboxylic acids is 2. The summed E-state index contributed by atoms with van der Waals surface area (Å²) in [4.78, 5) is 27.7. The van der Waals surface area contributed by atoms with E-state index < -0.39 is 34.3 Å². The van der Waals surface area contributed by atoms with Gasteiger partial charge < -0.3 is 20.7 Å². The molecule has 3 aromatic rings. The maximum Gasteiger partial charge on any atom is 0.417 e. The maximum atomic E-state index is 13.9. The normalized spacial score (nSPS) is 11.0. The van der Waals surface area contributed by atoms with E-state index in [1.807, 2.05) is 5.32 Å². The summed E-state index contributed by atoms with van der Waals surface area (Å²) in [6.07, 6.45) is -3.41. The molecule has 2 aromatic carbocycles. The van der Waals surface area contributed by atoms with Gasteiger partial charge in [0.15, 0.2) is 0 Å². The highest BCUT2D eigenvalue weighted by Gasteiger charge is 2.34. The third kappa shape index (κ3) is 6.10. The van der Waals surface area contributed by atoms with Crippen LogP contribution in [-0.4, -0.2) is 24.0 Å². The van der Waals surface area contributed by atoms with E-state index in [2.05, 4.69) is 15.6 Å². The standard InChI is InChI=1S/C21H15ClF4N4O3/c1-27-19(31)18-8-13(6-7-28-18)33-12-4-2-11(3-5-12)29-20(32)30-17-9-14(21(24,25)26)15(22)10-16(17)23/h2-10H,1H3,(H,27,31)(H2,29,30,32)/i23-1. The number of benzene rings is 2. The minimum absolute atomic E-state index is 0.160. The van der Waals surface area contributed by atoms with E-state index in [1.165, 1.54) is 43.6 Å². The Kier molecular flexibility index (Phi) is 7.02. The van der Waals surface area contributed by atoms with E-state index in [1.54, 1.807) is 6.07 Å². The fourth-order valence-corrected chi connectivity index (χ4v) is 2.87. The van der Waals surface area contributed by atoms with Gasteiger partial charge >= 0.3 is 12.2 Å². The minimum Gasteiger partial charge on any atom is -0.457 e. The maximum absolute atomic E-state index is 13.9. The van der Waals surface area contributed by atoms with Crippen LogP contribution in [0, 0.1) is 5.82 Å². The molecule has 0 saturated heterocycles. The molecular weight excluding hydrogens is 467 g/mol. The molecule has 33 heavy (non-hydrogen) atoms. The van der Waals surface area contributed by atoms with Gasteiger partial charge in [0.1, 0.15) is 23.0 Å². The Morgan fingerprint density at radius 2 is 1.70 bits per heavy atom. The SMILES string of the molecule is CNC(=O)c1cc(Oc2ccc(NC(=O)Nc3cc(C(F)(F)F)c(Cl)cc3[18F])cc2)ccn1. The highest BCUT2D eigenvalue weighted by Crippen LogP contribution is 2.37. The Labute approximate surface area is 189 Å². The zero-order valence-electron chi connectivity index (χ0n) is 16.8. The highest BCUT2D eigenvalue weighted by molar-refractivity contribution is 6.31. The molecule has 0 atom stereocenters. The summed E-state index contributed by atoms with van der Waals surface area (Å²) in [5.41, 5.74) is -1.55. The third-order valence-electron chi connectivity index (χ3n) is 4.15. The van der Waals surface area contributed by atoms with Crippen molar-refractivity contribution >= 4 is 34.9 Å². The van der Waals surface area contributed by atoms with Crippen LogP contribution in [0.3, 0.4) is 0 Å². The van der Waals surface area contributed by atoms with Crippen LogP contribution in [0.5, 0.6) is 11.5 Å². The molecule has 0 spiro atoms. The molecule has 0 aliphatic heterocycles. The second-order valence-electron chi connectivity index (χ2n) is 6.47. The predicted molar refractivity (Wildman–Crippen MR) is 113 cm³/mol. The van der Waals surface area contributed by atoms with E-state index in [-0.39, 0.29) is 17.3 Å². The number of alkyl halides is 3. The number of carbonyl (C=O) groups is 2. The highest BCUT2D eigenvalue weighted by atomic mass is 35.5. The molecule has 0 aliphatic rings. The molecule has 172 valence electrons. The van der Waals surface area contributed by atoms with Crippen molar-refractivity contribution in [3.05, 3.63) is 76.8 Å². The van der Waals surface area contributed by atoms with Crippen LogP contribution in [0.4, 0.5) is 33.7 Å². The number of anilines is 2. The van der Waals surface area contributed by atoms with Gasteiger partial charge in [0.25, 0.3) is 5.91 Å². The first-order valence-corrected chi connectivity index (χ1v) is 9.55. The second-order valence-corrected chi connectivity index (χ2v) is 6.88. The molecule has 7 nitrogen and oxygen atoms in total. The Hall–Kier alpha value is -3.86. The quantitative estimate of drug-likeness (QED) is 0.408. The molecule has 1 heterocycles. The lowest BCUT2D eigenvalue weighted by atomic mass is 10.2. The van der Waals surface area contributed by atoms with Crippen LogP contribution < -0.4 is 20.7 Å². The first-order valence-electron chi connectivity index (χ1n) is 9.17. The van der Waals surface area contributed by atoms with Crippen LogP contribution >= 0.6 is 11.6 Å². The van der Waals surface area contributed by atoms with Gasteiger partial charge in [0, 0.05) is 25.0 Å². The van der Waals surface area contributed by atoms with Crippen molar-refractivity contribution in [1.82, 2.24) is 10.3 Å². The van der Waals surface area contributed by atoms with Gasteiger partial charge in [-0.3, -0.25) is 9.78 Å². The largest absolute Gasteiger partial charge is 0.457 e. The number of pyridine rings is 1. The number of nitrogens with zero attached hydrogens (tertiary/aromatic N) is 1. The summed E-state index contributed by atoms with van der Waals surface area (Å²) in [5, 5.41) is 6.00. The van der Waals surface area contributed by atoms with E-state index >= 15 is 0 Å². The average Bonchev–Trinajstić information content (AvgIpc) is 2.75. The summed E-state index contributed by atoms with van der Waals surface area (Å²) in [5.74, 6) is -0.792. The molecule has 0 saturated carbocycles. The molecule has 1 aromatic heterocycles. The number of hydrogen-bond acceptors (Lipinski definition) is 4. The van der Waals surface area contributed by atoms with Crippen LogP contribution in [0.15, 0.2) is 54.7 Å². The third-order valence-corrected chi connectivity index (χ3v) is 4.46. The number of aromatic nitrogens is 1. The fraction of sp³-hybridized carbons (Fsp3) is 0.0952. The number of amides is 3. The summed E-state index contributed by atoms with van der Waals surface area (Å²) >= 11 is 5.43. The monoisotopic (exact) mass is 481 g/mol. The smallest absolute Gasteiger partial charge is 0.417 e. The van der Waals surface area contributed by atoms with Gasteiger partial charge in [-0.15, -0.1) is 0 Å². The van der Waals surface area contributed by atoms with Gasteiger partial charge in [-0.25, -0.2) is 9.18 Å². The lowest BCUT2D eigenvalue weighted by Gasteiger charge is -2.13. The number of rotatable bonds is 5. The molecule has 0 radical (unpaired) electrons. The van der Waals surface area contributed by atoms with Crippen LogP contribution in [0.1, 0.15) is 16.1 Å². The van der Waals surface area contributed by atoms with Crippen molar-refractivity contribution in [3.8, 4) is 11.5 Å². The molecule has 3 rings (SSSR count). The van der Waals surface area contributed by atoms with Gasteiger partial charge in [-0.1, -0.05) is 11.6 Å². The second kappa shape index (κ2) is 9.74. The van der Waals surface area contributed by atoms with Crippen LogP contribution in [0.2, 0.25) is 5.02 Å². The molecule has 3 amide bonds. The number of halogens is 5. The average molecular weight is 482 g/mol. The first-order chi connectivity index (χ1) is 15.6. The summed E-state index contributed by atoms with van der Waals surface area (Å²) in [7, 11) is 1.47. The molecule has 0 aliphatic carbocycles. The molecule has 0 fully saturated rings. The van der Waals surface area contributed by atoms with Gasteiger partial charge in [0.05, 0.1) is 16.3 Å². The van der Waals surface area contributed by atoms with Crippen molar-refractivity contribution in [2.75, 3.05) is 17.7 Å². The minimum atomic E-state index is -4.82. The molecule has 12 heteroatoms. The van der Waals surface area contributed by atoms with Crippen LogP contribution in [0.25, 0.3) is 0 Å². The Morgan fingerprint density at radius 1 is 1.00 bits per heavy atom. The van der Waals surface area contributed by atoms with Gasteiger partial charge in [0.2, 0.25) is 0 Å². The van der Waals surface area contributed by atoms with Crippen molar-refractivity contribution in [1.29, 1.82) is 0 Å². The zero-order chi connectivity index (χ0) is 24.2. The number of urea groups is 1. The number of nitrogens with one attached hydrogen (secondary N) is 3. The van der Waals surface area contributed by atoms with Crippen molar-refractivity contribution in [2.45, 2.75) is 6.18 Å². The van der Waals surface area contributed by atoms with Crippen molar-refractivity contribution < 1.29 is 31.9 Å². The Morgan fingerprint density at radius 3 is 2.33 bits per heavy atom. The summed E-state index contributed by atoms with van der Waals surface area (Å²) < 4.78 is 58.4. The zero-order valence-corrected chi connectivity index (χ0v) is 17.5.